The van der Waals surface area contributed by atoms with Gasteiger partial charge in [0.05, 0.1) is 0 Å². The largest absolute Gasteiger partial charge is 0.0605 e. The summed E-state index contributed by atoms with van der Waals surface area (Å²) < 4.78 is 0. The van der Waals surface area contributed by atoms with Gasteiger partial charge in [0.15, 0.2) is 0 Å². The molecule has 0 atom stereocenters. The molecule has 0 aromatic rings. The lowest BCUT2D eigenvalue weighted by molar-refractivity contribution is 0.669. The van der Waals surface area contributed by atoms with Gasteiger partial charge in [-0.1, -0.05) is 66.5 Å². The second kappa shape index (κ2) is 5.77. The van der Waals surface area contributed by atoms with Gasteiger partial charge in [-0.15, -0.1) is 0 Å². The highest BCUT2D eigenvalue weighted by molar-refractivity contribution is 6.16. The molecular formula is C17H32Si. The Morgan fingerprint density at radius 2 is 0.889 bits per heavy atom. The van der Waals surface area contributed by atoms with E-state index in [-0.39, 0.29) is 0 Å². The Kier molecular flexibility index (Phi) is 5.05. The summed E-state index contributed by atoms with van der Waals surface area (Å²) in [4.78, 5) is 0. The first kappa shape index (κ1) is 15.8. The van der Waals surface area contributed by atoms with E-state index in [4.69, 9.17) is 0 Å². The normalized spacial score (nSPS) is 18.7. The molecule has 0 saturated heterocycles. The van der Waals surface area contributed by atoms with Crippen molar-refractivity contribution in [3.8, 4) is 0 Å². The first-order chi connectivity index (χ1) is 8.20. The predicted molar refractivity (Wildman–Crippen MR) is 87.1 cm³/mol. The lowest BCUT2D eigenvalue weighted by atomic mass is 9.84. The fraction of sp³-hybridized carbons (Fsp3) is 0.765. The maximum absolute atomic E-state index is 2.38. The minimum Gasteiger partial charge on any atom is -0.0605 e. The summed E-state index contributed by atoms with van der Waals surface area (Å²) in [6.07, 6.45) is 0. The number of rotatable bonds is 4. The molecule has 1 aliphatic rings. The van der Waals surface area contributed by atoms with E-state index in [2.05, 4.69) is 55.4 Å². The van der Waals surface area contributed by atoms with E-state index in [9.17, 15) is 0 Å². The molecule has 0 aromatic heterocycles. The third-order valence-corrected chi connectivity index (χ3v) is 5.49. The fourth-order valence-corrected chi connectivity index (χ4v) is 5.81. The highest BCUT2D eigenvalue weighted by Crippen LogP contribution is 2.50. The zero-order valence-corrected chi connectivity index (χ0v) is 15.9. The molecule has 0 bridgehead atoms. The summed E-state index contributed by atoms with van der Waals surface area (Å²) in [6, 6.07) is 0. The third-order valence-electron chi connectivity index (χ3n) is 4.24. The van der Waals surface area contributed by atoms with E-state index in [1.807, 2.05) is 0 Å². The zero-order valence-electron chi connectivity index (χ0n) is 13.9. The minimum absolute atomic E-state index is 0.674. The number of hydrogen-bond acceptors (Lipinski definition) is 0. The quantitative estimate of drug-likeness (QED) is 0.661. The topological polar surface area (TPSA) is 0 Å². The predicted octanol–water partition coefficient (Wildman–Crippen LogP) is 4.37. The van der Waals surface area contributed by atoms with Gasteiger partial charge in [-0.2, -0.15) is 0 Å². The van der Waals surface area contributed by atoms with Crippen molar-refractivity contribution >= 4 is 10.2 Å². The highest BCUT2D eigenvalue weighted by atomic mass is 28.1. The van der Waals surface area contributed by atoms with E-state index in [0.29, 0.717) is 23.7 Å². The third kappa shape index (κ3) is 2.66. The van der Waals surface area contributed by atoms with Gasteiger partial charge in [-0.25, -0.2) is 0 Å². The van der Waals surface area contributed by atoms with Crippen LogP contribution in [0.5, 0.6) is 0 Å². The molecule has 0 N–H and O–H groups in total. The molecule has 0 unspecified atom stereocenters. The summed E-state index contributed by atoms with van der Waals surface area (Å²) in [5, 5.41) is 0. The second-order valence-corrected chi connectivity index (χ2v) is 8.23. The Bertz CT molecular complexity index is 331. The Morgan fingerprint density at radius 3 is 1.06 bits per heavy atom. The molecule has 0 aliphatic heterocycles. The van der Waals surface area contributed by atoms with Crippen LogP contribution in [0, 0.1) is 23.7 Å². The zero-order chi connectivity index (χ0) is 14.2. The first-order valence-electron chi connectivity index (χ1n) is 7.68. The Hall–Kier alpha value is -0.303. The summed E-state index contributed by atoms with van der Waals surface area (Å²) in [5.41, 5.74) is 7.75. The standard InChI is InChI=1S/C17H32Si/c1-9(2)13-14(10(3)4)16(12(7)8)17(18)15(13)11(5)6/h9-12,17H,1-8,18H3. The Morgan fingerprint density at radius 1 is 0.611 bits per heavy atom. The molecule has 18 heavy (non-hydrogen) atoms. The maximum Gasteiger partial charge on any atom is 0.0171 e. The molecule has 0 saturated carbocycles. The maximum atomic E-state index is 2.38. The van der Waals surface area contributed by atoms with Crippen LogP contribution in [-0.2, 0) is 0 Å². The van der Waals surface area contributed by atoms with Crippen LogP contribution in [-0.4, -0.2) is 10.2 Å². The van der Waals surface area contributed by atoms with Crippen molar-refractivity contribution in [1.29, 1.82) is 0 Å². The molecule has 104 valence electrons. The molecule has 1 heteroatoms. The van der Waals surface area contributed by atoms with Gasteiger partial charge in [0.2, 0.25) is 0 Å². The summed E-state index contributed by atoms with van der Waals surface area (Å²) in [7, 11) is 1.27. The lowest BCUT2D eigenvalue weighted by Gasteiger charge is -2.21. The van der Waals surface area contributed by atoms with Crippen LogP contribution in [0.2, 0.25) is 5.54 Å². The molecule has 0 aromatic carbocycles. The van der Waals surface area contributed by atoms with Crippen LogP contribution in [0.1, 0.15) is 55.4 Å². The highest BCUT2D eigenvalue weighted by Gasteiger charge is 2.35. The van der Waals surface area contributed by atoms with Gasteiger partial charge < -0.3 is 0 Å². The van der Waals surface area contributed by atoms with E-state index < -0.39 is 0 Å². The average Bonchev–Trinajstić information content (AvgIpc) is 2.51. The Labute approximate surface area is 117 Å². The molecule has 0 spiro atoms. The molecule has 0 heterocycles. The molecule has 1 aliphatic carbocycles. The Balaban J connectivity index is 3.47. The van der Waals surface area contributed by atoms with Crippen LogP contribution in [0.3, 0.4) is 0 Å². The van der Waals surface area contributed by atoms with Crippen LogP contribution >= 0.6 is 0 Å². The molecule has 0 fully saturated rings. The van der Waals surface area contributed by atoms with Crippen LogP contribution in [0.4, 0.5) is 0 Å². The van der Waals surface area contributed by atoms with Crippen LogP contribution < -0.4 is 0 Å². The van der Waals surface area contributed by atoms with Crippen LogP contribution in [0.15, 0.2) is 22.3 Å². The van der Waals surface area contributed by atoms with Crippen molar-refractivity contribution in [3.63, 3.8) is 0 Å². The van der Waals surface area contributed by atoms with Crippen molar-refractivity contribution < 1.29 is 0 Å². The van der Waals surface area contributed by atoms with Gasteiger partial charge in [0, 0.05) is 10.2 Å². The summed E-state index contributed by atoms with van der Waals surface area (Å²) >= 11 is 0. The fourth-order valence-electron chi connectivity index (χ4n) is 3.86. The van der Waals surface area contributed by atoms with E-state index in [1.54, 1.807) is 22.3 Å². The molecule has 0 amide bonds. The van der Waals surface area contributed by atoms with Gasteiger partial charge in [-0.05, 0) is 40.4 Å². The van der Waals surface area contributed by atoms with Crippen LogP contribution in [0.25, 0.3) is 0 Å². The van der Waals surface area contributed by atoms with E-state index >= 15 is 0 Å². The van der Waals surface area contributed by atoms with E-state index in [0.717, 1.165) is 5.54 Å². The van der Waals surface area contributed by atoms with E-state index in [1.165, 1.54) is 10.2 Å². The summed E-state index contributed by atoms with van der Waals surface area (Å²) in [5.74, 6) is 2.75. The monoisotopic (exact) mass is 264 g/mol. The van der Waals surface area contributed by atoms with Gasteiger partial charge in [-0.3, -0.25) is 0 Å². The van der Waals surface area contributed by atoms with Crippen molar-refractivity contribution in [2.75, 3.05) is 0 Å². The molecular weight excluding hydrogens is 232 g/mol. The first-order valence-corrected chi connectivity index (χ1v) is 8.83. The number of hydrogen-bond donors (Lipinski definition) is 0. The SMILES string of the molecule is CC(C)C1=C(C(C)C)C([SiH3])C(C(C)C)=C1C(C)C. The lowest BCUT2D eigenvalue weighted by Crippen LogP contribution is -2.08. The second-order valence-electron chi connectivity index (χ2n) is 7.08. The van der Waals surface area contributed by atoms with Crippen molar-refractivity contribution in [1.82, 2.24) is 0 Å². The molecule has 0 radical (unpaired) electrons. The van der Waals surface area contributed by atoms with Crippen molar-refractivity contribution in [2.24, 2.45) is 23.7 Å². The minimum atomic E-state index is 0.674. The average molecular weight is 265 g/mol. The smallest absolute Gasteiger partial charge is 0.0171 e. The van der Waals surface area contributed by atoms with Gasteiger partial charge >= 0.3 is 0 Å². The molecule has 1 rings (SSSR count). The van der Waals surface area contributed by atoms with Gasteiger partial charge in [0.25, 0.3) is 0 Å². The van der Waals surface area contributed by atoms with Gasteiger partial charge in [0.1, 0.15) is 0 Å². The van der Waals surface area contributed by atoms with Crippen molar-refractivity contribution in [2.45, 2.75) is 60.9 Å². The molecule has 0 nitrogen and oxygen atoms in total. The van der Waals surface area contributed by atoms with Crippen molar-refractivity contribution in [3.05, 3.63) is 22.3 Å². The summed E-state index contributed by atoms with van der Waals surface area (Å²) in [6.45, 7) is 19.0. The number of allylic oxidation sites excluding steroid dienone is 4.